The van der Waals surface area contributed by atoms with Crippen LogP contribution in [0.25, 0.3) is 0 Å². The molecule has 0 amide bonds. The van der Waals surface area contributed by atoms with Gasteiger partial charge in [0.05, 0.1) is 0 Å². The van der Waals surface area contributed by atoms with E-state index >= 15 is 0 Å². The van der Waals surface area contributed by atoms with Crippen LogP contribution in [-0.4, -0.2) is 12.9 Å². The fourth-order valence-electron chi connectivity index (χ4n) is 1.52. The summed E-state index contributed by atoms with van der Waals surface area (Å²) in [4.78, 5) is 0. The Bertz CT molecular complexity index is 404. The van der Waals surface area contributed by atoms with Crippen molar-refractivity contribution in [2.45, 2.75) is 25.2 Å². The van der Waals surface area contributed by atoms with E-state index < -0.39 is 12.4 Å². The number of benzene rings is 1. The fourth-order valence-corrected chi connectivity index (χ4v) is 1.90. The molecule has 0 aliphatic rings. The van der Waals surface area contributed by atoms with Gasteiger partial charge in [0.15, 0.2) is 0 Å². The molecule has 0 radical (unpaired) electrons. The zero-order valence-corrected chi connectivity index (χ0v) is 12.3. The van der Waals surface area contributed by atoms with Gasteiger partial charge < -0.3 is 16.2 Å². The van der Waals surface area contributed by atoms with E-state index in [4.69, 9.17) is 11.5 Å². The molecular formula is C11H15BrClF3N2O. The van der Waals surface area contributed by atoms with Gasteiger partial charge in [-0.3, -0.25) is 0 Å². The summed E-state index contributed by atoms with van der Waals surface area (Å²) in [6.07, 6.45) is -3.59. The first-order valence-corrected chi connectivity index (χ1v) is 6.13. The quantitative estimate of drug-likeness (QED) is 0.841. The molecule has 1 atom stereocenters. The largest absolute Gasteiger partial charge is 0.573 e. The second-order valence-corrected chi connectivity index (χ2v) is 4.68. The summed E-state index contributed by atoms with van der Waals surface area (Å²) in [5, 5.41) is 0. The van der Waals surface area contributed by atoms with Crippen molar-refractivity contribution in [3.63, 3.8) is 0 Å². The molecule has 0 heterocycles. The van der Waals surface area contributed by atoms with E-state index in [1.807, 2.05) is 0 Å². The Morgan fingerprint density at radius 3 is 2.47 bits per heavy atom. The van der Waals surface area contributed by atoms with Gasteiger partial charge in [0.1, 0.15) is 5.75 Å². The van der Waals surface area contributed by atoms with Crippen LogP contribution in [0.15, 0.2) is 22.7 Å². The number of hydrogen-bond donors (Lipinski definition) is 2. The predicted octanol–water partition coefficient (Wildman–Crippen LogP) is 3.51. The third kappa shape index (κ3) is 6.47. The SMILES string of the molecule is Cl.NCCC[C@H](N)c1cc(Br)ccc1OC(F)(F)F. The number of halogens is 5. The van der Waals surface area contributed by atoms with Crippen LogP contribution in [0.3, 0.4) is 0 Å². The van der Waals surface area contributed by atoms with Crippen LogP contribution in [0.5, 0.6) is 5.75 Å². The second-order valence-electron chi connectivity index (χ2n) is 3.77. The molecule has 1 aromatic rings. The number of nitrogens with two attached hydrogens (primary N) is 2. The first-order valence-electron chi connectivity index (χ1n) is 5.34. The Labute approximate surface area is 124 Å². The zero-order valence-electron chi connectivity index (χ0n) is 9.91. The molecule has 19 heavy (non-hydrogen) atoms. The van der Waals surface area contributed by atoms with Gasteiger partial charge in [-0.05, 0) is 37.6 Å². The van der Waals surface area contributed by atoms with E-state index in [-0.39, 0.29) is 18.2 Å². The summed E-state index contributed by atoms with van der Waals surface area (Å²) in [7, 11) is 0. The minimum Gasteiger partial charge on any atom is -0.405 e. The van der Waals surface area contributed by atoms with E-state index in [2.05, 4.69) is 20.7 Å². The summed E-state index contributed by atoms with van der Waals surface area (Å²) >= 11 is 3.20. The Kier molecular flexibility index (Phi) is 7.73. The lowest BCUT2D eigenvalue weighted by atomic mass is 10.0. The first-order chi connectivity index (χ1) is 8.33. The molecule has 0 saturated carbocycles. The minimum atomic E-state index is -4.73. The molecule has 110 valence electrons. The van der Waals surface area contributed by atoms with Crippen LogP contribution >= 0.6 is 28.3 Å². The molecular weight excluding hydrogens is 348 g/mol. The van der Waals surface area contributed by atoms with Gasteiger partial charge in [0, 0.05) is 16.1 Å². The Balaban J connectivity index is 0.00000324. The van der Waals surface area contributed by atoms with Crippen molar-refractivity contribution in [1.29, 1.82) is 0 Å². The summed E-state index contributed by atoms with van der Waals surface area (Å²) < 4.78 is 41.3. The topological polar surface area (TPSA) is 61.3 Å². The van der Waals surface area contributed by atoms with Crippen molar-refractivity contribution in [2.75, 3.05) is 6.54 Å². The van der Waals surface area contributed by atoms with Crippen molar-refractivity contribution in [3.05, 3.63) is 28.2 Å². The minimum absolute atomic E-state index is 0. The van der Waals surface area contributed by atoms with Gasteiger partial charge >= 0.3 is 6.36 Å². The van der Waals surface area contributed by atoms with Gasteiger partial charge in [-0.25, -0.2) is 0 Å². The Morgan fingerprint density at radius 1 is 1.32 bits per heavy atom. The van der Waals surface area contributed by atoms with Crippen LogP contribution in [0, 0.1) is 0 Å². The molecule has 0 fully saturated rings. The van der Waals surface area contributed by atoms with Crippen molar-refractivity contribution >= 4 is 28.3 Å². The summed E-state index contributed by atoms with van der Waals surface area (Å²) in [5.41, 5.74) is 11.5. The van der Waals surface area contributed by atoms with Gasteiger partial charge in [-0.15, -0.1) is 25.6 Å². The van der Waals surface area contributed by atoms with E-state index in [1.54, 1.807) is 0 Å². The first kappa shape index (κ1) is 18.5. The molecule has 3 nitrogen and oxygen atoms in total. The van der Waals surface area contributed by atoms with E-state index in [1.165, 1.54) is 18.2 Å². The smallest absolute Gasteiger partial charge is 0.405 e. The average Bonchev–Trinajstić information content (AvgIpc) is 2.26. The standard InChI is InChI=1S/C11H14BrF3N2O.ClH/c12-7-3-4-10(18-11(13,14)15)8(6-7)9(17)2-1-5-16;/h3-4,6,9H,1-2,5,16-17H2;1H/t9-;/m0./s1. The third-order valence-corrected chi connectivity index (χ3v) is 2.81. The molecule has 0 aliphatic heterocycles. The molecule has 0 unspecified atom stereocenters. The lowest BCUT2D eigenvalue weighted by Crippen LogP contribution is -2.20. The van der Waals surface area contributed by atoms with Crippen molar-refractivity contribution < 1.29 is 17.9 Å². The van der Waals surface area contributed by atoms with Crippen LogP contribution in [0.2, 0.25) is 0 Å². The highest BCUT2D eigenvalue weighted by molar-refractivity contribution is 9.10. The van der Waals surface area contributed by atoms with Gasteiger partial charge in [0.2, 0.25) is 0 Å². The monoisotopic (exact) mass is 362 g/mol. The van der Waals surface area contributed by atoms with Gasteiger partial charge in [-0.1, -0.05) is 15.9 Å². The van der Waals surface area contributed by atoms with Crippen LogP contribution < -0.4 is 16.2 Å². The van der Waals surface area contributed by atoms with Crippen LogP contribution in [0.4, 0.5) is 13.2 Å². The molecule has 0 spiro atoms. The Morgan fingerprint density at radius 2 is 1.95 bits per heavy atom. The molecule has 8 heteroatoms. The summed E-state index contributed by atoms with van der Waals surface area (Å²) in [6.45, 7) is 0.442. The maximum absolute atomic E-state index is 12.2. The number of alkyl halides is 3. The summed E-state index contributed by atoms with van der Waals surface area (Å²) in [5.74, 6) is -0.268. The molecule has 1 aromatic carbocycles. The lowest BCUT2D eigenvalue weighted by Gasteiger charge is -2.18. The zero-order chi connectivity index (χ0) is 13.8. The number of ether oxygens (including phenoxy) is 1. The average molecular weight is 364 g/mol. The van der Waals surface area contributed by atoms with E-state index in [9.17, 15) is 13.2 Å². The van der Waals surface area contributed by atoms with Gasteiger partial charge in [-0.2, -0.15) is 0 Å². The number of hydrogen-bond acceptors (Lipinski definition) is 3. The second kappa shape index (κ2) is 7.94. The van der Waals surface area contributed by atoms with E-state index in [0.29, 0.717) is 29.4 Å². The van der Waals surface area contributed by atoms with Crippen molar-refractivity contribution in [1.82, 2.24) is 0 Å². The highest BCUT2D eigenvalue weighted by Gasteiger charge is 2.32. The molecule has 0 aromatic heterocycles. The molecule has 4 N–H and O–H groups in total. The van der Waals surface area contributed by atoms with Crippen LogP contribution in [-0.2, 0) is 0 Å². The summed E-state index contributed by atoms with van der Waals surface area (Å²) in [6, 6.07) is 3.71. The fraction of sp³-hybridized carbons (Fsp3) is 0.455. The maximum atomic E-state index is 12.2. The lowest BCUT2D eigenvalue weighted by molar-refractivity contribution is -0.275. The molecule has 0 bridgehead atoms. The van der Waals surface area contributed by atoms with Gasteiger partial charge in [0.25, 0.3) is 0 Å². The Hall–Kier alpha value is -0.500. The molecule has 0 saturated heterocycles. The van der Waals surface area contributed by atoms with Crippen molar-refractivity contribution in [3.8, 4) is 5.75 Å². The maximum Gasteiger partial charge on any atom is 0.573 e. The number of rotatable bonds is 5. The normalized spacial score (nSPS) is 12.7. The van der Waals surface area contributed by atoms with Crippen LogP contribution in [0.1, 0.15) is 24.4 Å². The van der Waals surface area contributed by atoms with E-state index in [0.717, 1.165) is 0 Å². The predicted molar refractivity (Wildman–Crippen MR) is 73.3 cm³/mol. The highest BCUT2D eigenvalue weighted by Crippen LogP contribution is 2.33. The third-order valence-electron chi connectivity index (χ3n) is 2.32. The molecule has 1 rings (SSSR count). The van der Waals surface area contributed by atoms with Crippen molar-refractivity contribution in [2.24, 2.45) is 11.5 Å². The molecule has 0 aliphatic carbocycles. The highest BCUT2D eigenvalue weighted by atomic mass is 79.9.